The van der Waals surface area contributed by atoms with Crippen LogP contribution in [0.4, 0.5) is 17.6 Å². The van der Waals surface area contributed by atoms with Gasteiger partial charge in [0.25, 0.3) is 5.56 Å². The second-order valence-electron chi connectivity index (χ2n) is 8.39. The third kappa shape index (κ3) is 4.32. The summed E-state index contributed by atoms with van der Waals surface area (Å²) in [4.78, 5) is 26.8. The second-order valence-corrected chi connectivity index (χ2v) is 8.83. The van der Waals surface area contributed by atoms with Gasteiger partial charge in [0.1, 0.15) is 34.7 Å². The number of fused-ring (bicyclic) bond motifs is 1. The summed E-state index contributed by atoms with van der Waals surface area (Å²) in [6.45, 7) is 0.321. The van der Waals surface area contributed by atoms with Gasteiger partial charge in [-0.15, -0.1) is 0 Å². The van der Waals surface area contributed by atoms with Crippen molar-refractivity contribution in [2.45, 2.75) is 31.0 Å². The van der Waals surface area contributed by atoms with Crippen LogP contribution in [0.25, 0.3) is 22.3 Å². The van der Waals surface area contributed by atoms with Crippen molar-refractivity contribution in [2.24, 2.45) is 14.1 Å². The lowest BCUT2D eigenvalue weighted by molar-refractivity contribution is -0.147. The molecule has 188 valence electrons. The summed E-state index contributed by atoms with van der Waals surface area (Å²) in [5, 5.41) is 8.40. The quantitative estimate of drug-likeness (QED) is 0.375. The van der Waals surface area contributed by atoms with Gasteiger partial charge in [-0.25, -0.2) is 19.3 Å². The van der Waals surface area contributed by atoms with Crippen LogP contribution in [-0.4, -0.2) is 41.1 Å². The lowest BCUT2D eigenvalue weighted by atomic mass is 9.93. The molecule has 1 aromatic carbocycles. The lowest BCUT2D eigenvalue weighted by Crippen LogP contribution is -2.29. The minimum atomic E-state index is -4.93. The summed E-state index contributed by atoms with van der Waals surface area (Å²) < 4.78 is 62.0. The fourth-order valence-electron chi connectivity index (χ4n) is 4.22. The van der Waals surface area contributed by atoms with Crippen molar-refractivity contribution in [3.05, 3.63) is 62.9 Å². The number of hydrogen-bond acceptors (Lipinski definition) is 7. The molecule has 2 atom stereocenters. The maximum atomic E-state index is 14.9. The average Bonchev–Trinajstić information content (AvgIpc) is 3.26. The normalized spacial score (nSPS) is 18.6. The van der Waals surface area contributed by atoms with E-state index in [4.69, 9.17) is 16.3 Å². The standard InChI is InChI=1S/C22H18ClF4N7O2/c1-33-20(35)18-17(31-21(33)22(25,26)27)16(12-4-3-11(23)8-13(12)24)29-19(30-18)10-5-6-36-15(7-10)14-9-28-34(2)32-14/h3-4,8-10,15H,5-7H2,1-2H3. The molecule has 0 amide bonds. The molecule has 36 heavy (non-hydrogen) atoms. The van der Waals surface area contributed by atoms with Crippen LogP contribution in [0.3, 0.4) is 0 Å². The highest BCUT2D eigenvalue weighted by atomic mass is 35.5. The number of ether oxygens (including phenoxy) is 1. The van der Waals surface area contributed by atoms with Gasteiger partial charge in [-0.1, -0.05) is 11.6 Å². The Morgan fingerprint density at radius 2 is 1.92 bits per heavy atom. The third-order valence-corrected chi connectivity index (χ3v) is 6.22. The van der Waals surface area contributed by atoms with Gasteiger partial charge in [0.2, 0.25) is 5.82 Å². The third-order valence-electron chi connectivity index (χ3n) is 5.98. The number of rotatable bonds is 3. The van der Waals surface area contributed by atoms with Gasteiger partial charge in [0, 0.05) is 37.2 Å². The summed E-state index contributed by atoms with van der Waals surface area (Å²) in [6.07, 6.45) is -2.94. The van der Waals surface area contributed by atoms with Crippen molar-refractivity contribution >= 4 is 22.6 Å². The molecule has 5 rings (SSSR count). The first-order chi connectivity index (χ1) is 17.0. The SMILES string of the molecule is Cn1ncc(C2CC(c3nc(-c4ccc(Cl)cc4F)c4nc(C(F)(F)F)n(C)c(=O)c4n3)CCO2)n1. The predicted octanol–water partition coefficient (Wildman–Crippen LogP) is 3.97. The maximum Gasteiger partial charge on any atom is 0.449 e. The van der Waals surface area contributed by atoms with Crippen LogP contribution in [0, 0.1) is 5.82 Å². The Morgan fingerprint density at radius 3 is 2.58 bits per heavy atom. The first-order valence-electron chi connectivity index (χ1n) is 10.8. The number of halogens is 5. The minimum Gasteiger partial charge on any atom is -0.372 e. The molecule has 0 N–H and O–H groups in total. The van der Waals surface area contributed by atoms with E-state index in [1.165, 1.54) is 16.9 Å². The van der Waals surface area contributed by atoms with Gasteiger partial charge in [0.05, 0.1) is 6.20 Å². The van der Waals surface area contributed by atoms with Gasteiger partial charge in [-0.3, -0.25) is 9.36 Å². The van der Waals surface area contributed by atoms with Crippen LogP contribution in [0.15, 0.2) is 29.2 Å². The fraction of sp³-hybridized carbons (Fsp3) is 0.364. The van der Waals surface area contributed by atoms with E-state index in [0.717, 1.165) is 13.1 Å². The number of hydrogen-bond donors (Lipinski definition) is 0. The molecule has 0 radical (unpaired) electrons. The Hall–Kier alpha value is -3.45. The van der Waals surface area contributed by atoms with Gasteiger partial charge in [0.15, 0.2) is 5.52 Å². The largest absolute Gasteiger partial charge is 0.449 e. The Morgan fingerprint density at radius 1 is 1.14 bits per heavy atom. The topological polar surface area (TPSA) is 101 Å². The average molecular weight is 524 g/mol. The van der Waals surface area contributed by atoms with E-state index in [1.807, 2.05) is 0 Å². The van der Waals surface area contributed by atoms with Gasteiger partial charge in [-0.2, -0.15) is 28.2 Å². The van der Waals surface area contributed by atoms with E-state index in [9.17, 15) is 22.4 Å². The summed E-state index contributed by atoms with van der Waals surface area (Å²) in [6, 6.07) is 3.66. The van der Waals surface area contributed by atoms with Crippen LogP contribution in [0.1, 0.15) is 42.2 Å². The van der Waals surface area contributed by atoms with Crippen LogP contribution in [-0.2, 0) is 25.0 Å². The summed E-state index contributed by atoms with van der Waals surface area (Å²) in [5.41, 5.74) is -1.60. The molecule has 0 aliphatic carbocycles. The molecule has 0 saturated carbocycles. The highest BCUT2D eigenvalue weighted by Gasteiger charge is 2.38. The Kier molecular flexibility index (Phi) is 5.99. The smallest absolute Gasteiger partial charge is 0.372 e. The molecule has 4 aromatic rings. The Balaban J connectivity index is 1.71. The minimum absolute atomic E-state index is 0.0888. The number of nitrogens with zero attached hydrogens (tertiary/aromatic N) is 7. The van der Waals surface area contributed by atoms with Crippen molar-refractivity contribution in [3.8, 4) is 11.3 Å². The van der Waals surface area contributed by atoms with Gasteiger partial charge in [-0.05, 0) is 31.0 Å². The molecular weight excluding hydrogens is 506 g/mol. The molecule has 4 heterocycles. The van der Waals surface area contributed by atoms with E-state index in [1.54, 1.807) is 13.2 Å². The second kappa shape index (κ2) is 8.89. The first-order valence-corrected chi connectivity index (χ1v) is 11.2. The Labute approximate surface area is 205 Å². The molecule has 0 bridgehead atoms. The van der Waals surface area contributed by atoms with Gasteiger partial charge >= 0.3 is 6.18 Å². The van der Waals surface area contributed by atoms with Crippen LogP contribution >= 0.6 is 11.6 Å². The van der Waals surface area contributed by atoms with E-state index >= 15 is 0 Å². The first kappa shape index (κ1) is 24.3. The van der Waals surface area contributed by atoms with Crippen molar-refractivity contribution in [1.29, 1.82) is 0 Å². The van der Waals surface area contributed by atoms with Crippen LogP contribution < -0.4 is 5.56 Å². The van der Waals surface area contributed by atoms with Crippen LogP contribution in [0.2, 0.25) is 5.02 Å². The molecule has 14 heteroatoms. The molecule has 0 spiro atoms. The highest BCUT2D eigenvalue weighted by Crippen LogP contribution is 2.38. The Bertz CT molecular complexity index is 1540. The summed E-state index contributed by atoms with van der Waals surface area (Å²) >= 11 is 5.87. The highest BCUT2D eigenvalue weighted by molar-refractivity contribution is 6.30. The van der Waals surface area contributed by atoms with Crippen LogP contribution in [0.5, 0.6) is 0 Å². The number of aryl methyl sites for hydroxylation is 1. The molecule has 2 unspecified atom stereocenters. The monoisotopic (exact) mass is 523 g/mol. The van der Waals surface area contributed by atoms with E-state index in [2.05, 4.69) is 25.1 Å². The number of benzene rings is 1. The zero-order chi connectivity index (χ0) is 25.8. The molecule has 1 fully saturated rings. The van der Waals surface area contributed by atoms with Crippen molar-refractivity contribution in [1.82, 2.24) is 34.5 Å². The molecule has 3 aromatic heterocycles. The zero-order valence-corrected chi connectivity index (χ0v) is 19.7. The number of aromatic nitrogens is 7. The molecular formula is C22H18ClF4N7O2. The van der Waals surface area contributed by atoms with E-state index < -0.39 is 35.0 Å². The molecule has 1 saturated heterocycles. The van der Waals surface area contributed by atoms with Crippen molar-refractivity contribution in [2.75, 3.05) is 6.61 Å². The van der Waals surface area contributed by atoms with E-state index in [0.29, 0.717) is 29.7 Å². The molecule has 9 nitrogen and oxygen atoms in total. The zero-order valence-electron chi connectivity index (χ0n) is 18.9. The van der Waals surface area contributed by atoms with Gasteiger partial charge < -0.3 is 4.74 Å². The fourth-order valence-corrected chi connectivity index (χ4v) is 4.37. The summed E-state index contributed by atoms with van der Waals surface area (Å²) in [5.74, 6) is -2.45. The number of alkyl halides is 3. The van der Waals surface area contributed by atoms with E-state index in [-0.39, 0.29) is 33.5 Å². The lowest BCUT2D eigenvalue weighted by Gasteiger charge is -2.27. The summed E-state index contributed by atoms with van der Waals surface area (Å²) in [7, 11) is 2.63. The van der Waals surface area contributed by atoms with Crippen molar-refractivity contribution in [3.63, 3.8) is 0 Å². The predicted molar refractivity (Wildman–Crippen MR) is 120 cm³/mol. The molecule has 1 aliphatic heterocycles. The molecule has 1 aliphatic rings. The maximum absolute atomic E-state index is 14.9. The van der Waals surface area contributed by atoms with Crippen molar-refractivity contribution < 1.29 is 22.3 Å².